The van der Waals surface area contributed by atoms with Crippen LogP contribution >= 0.6 is 0 Å². The quantitative estimate of drug-likeness (QED) is 0.506. The van der Waals surface area contributed by atoms with Crippen molar-refractivity contribution in [3.63, 3.8) is 0 Å². The molecule has 2 aliphatic carbocycles. The summed E-state index contributed by atoms with van der Waals surface area (Å²) in [6.07, 6.45) is 7.95. The van der Waals surface area contributed by atoms with Crippen molar-refractivity contribution >= 4 is 5.97 Å². The second-order valence-electron chi connectivity index (χ2n) is 5.46. The van der Waals surface area contributed by atoms with E-state index in [4.69, 9.17) is 9.47 Å². The molecular weight excluding hydrogens is 204 g/mol. The van der Waals surface area contributed by atoms with Crippen molar-refractivity contribution in [3.05, 3.63) is 0 Å². The van der Waals surface area contributed by atoms with E-state index in [0.29, 0.717) is 24.0 Å². The van der Waals surface area contributed by atoms with Gasteiger partial charge in [-0.3, -0.25) is 4.79 Å². The summed E-state index contributed by atoms with van der Waals surface area (Å²) in [5.74, 6) is 1.32. The van der Waals surface area contributed by atoms with E-state index in [0.717, 1.165) is 19.3 Å². The van der Waals surface area contributed by atoms with Crippen molar-refractivity contribution < 1.29 is 14.3 Å². The lowest BCUT2D eigenvalue weighted by Crippen LogP contribution is -2.31. The summed E-state index contributed by atoms with van der Waals surface area (Å²) in [7, 11) is 1.52. The van der Waals surface area contributed by atoms with Crippen LogP contribution in [0.5, 0.6) is 0 Å². The Morgan fingerprint density at radius 3 is 2.69 bits per heavy atom. The summed E-state index contributed by atoms with van der Waals surface area (Å²) < 4.78 is 10.7. The van der Waals surface area contributed by atoms with Gasteiger partial charge in [0.15, 0.2) is 0 Å². The normalized spacial score (nSPS) is 46.2. The van der Waals surface area contributed by atoms with E-state index < -0.39 is 0 Å². The van der Waals surface area contributed by atoms with Crippen LogP contribution in [0.3, 0.4) is 0 Å². The number of ether oxygens (including phenoxy) is 2. The molecule has 0 bridgehead atoms. The molecule has 3 unspecified atom stereocenters. The highest BCUT2D eigenvalue weighted by Gasteiger charge is 2.52. The van der Waals surface area contributed by atoms with Crippen LogP contribution in [0.1, 0.15) is 38.5 Å². The maximum atomic E-state index is 11.8. The first-order chi connectivity index (χ1) is 7.81. The lowest BCUT2D eigenvalue weighted by molar-refractivity contribution is -0.148. The van der Waals surface area contributed by atoms with Gasteiger partial charge in [0.25, 0.3) is 0 Å². The van der Waals surface area contributed by atoms with Crippen LogP contribution in [0.2, 0.25) is 0 Å². The van der Waals surface area contributed by atoms with Crippen LogP contribution in [-0.4, -0.2) is 25.3 Å². The minimum Gasteiger partial charge on any atom is -0.469 e. The van der Waals surface area contributed by atoms with E-state index in [9.17, 15) is 4.79 Å². The summed E-state index contributed by atoms with van der Waals surface area (Å²) in [6, 6.07) is 0. The number of fused-ring (bicyclic) bond motifs is 3. The molecule has 16 heavy (non-hydrogen) atoms. The summed E-state index contributed by atoms with van der Waals surface area (Å²) >= 11 is 0. The average Bonchev–Trinajstić information content (AvgIpc) is 2.87. The number of hydrogen-bond acceptors (Lipinski definition) is 3. The number of rotatable bonds is 1. The first-order valence-corrected chi connectivity index (χ1v) is 6.54. The third kappa shape index (κ3) is 1.65. The Balaban J connectivity index is 1.79. The van der Waals surface area contributed by atoms with E-state index >= 15 is 0 Å². The van der Waals surface area contributed by atoms with Crippen molar-refractivity contribution in [1.82, 2.24) is 0 Å². The van der Waals surface area contributed by atoms with Crippen LogP contribution in [0.15, 0.2) is 0 Å². The van der Waals surface area contributed by atoms with E-state index in [1.54, 1.807) is 0 Å². The monoisotopic (exact) mass is 224 g/mol. The molecule has 0 radical (unpaired) electrons. The van der Waals surface area contributed by atoms with Gasteiger partial charge in [-0.1, -0.05) is 6.42 Å². The molecule has 3 nitrogen and oxygen atoms in total. The number of epoxide rings is 1. The van der Waals surface area contributed by atoms with Crippen molar-refractivity contribution in [2.45, 2.75) is 50.7 Å². The molecule has 3 rings (SSSR count). The molecule has 3 fully saturated rings. The van der Waals surface area contributed by atoms with Crippen LogP contribution < -0.4 is 0 Å². The fraction of sp³-hybridized carbons (Fsp3) is 0.923. The smallest absolute Gasteiger partial charge is 0.308 e. The van der Waals surface area contributed by atoms with Gasteiger partial charge in [-0.15, -0.1) is 0 Å². The fourth-order valence-electron chi connectivity index (χ4n) is 3.89. The van der Waals surface area contributed by atoms with Crippen molar-refractivity contribution in [3.8, 4) is 0 Å². The zero-order valence-electron chi connectivity index (χ0n) is 9.85. The molecule has 1 aliphatic heterocycles. The molecule has 2 saturated carbocycles. The molecule has 1 saturated heterocycles. The highest BCUT2D eigenvalue weighted by Crippen LogP contribution is 2.50. The van der Waals surface area contributed by atoms with Gasteiger partial charge < -0.3 is 9.47 Å². The highest BCUT2D eigenvalue weighted by molar-refractivity contribution is 5.72. The lowest BCUT2D eigenvalue weighted by atomic mass is 9.76. The fourth-order valence-corrected chi connectivity index (χ4v) is 3.89. The Hall–Kier alpha value is -0.570. The Kier molecular flexibility index (Phi) is 2.66. The first-order valence-electron chi connectivity index (χ1n) is 6.54. The predicted molar refractivity (Wildman–Crippen MR) is 58.8 cm³/mol. The van der Waals surface area contributed by atoms with Gasteiger partial charge in [-0.25, -0.2) is 0 Å². The summed E-state index contributed by atoms with van der Waals surface area (Å²) in [4.78, 5) is 11.8. The minimum absolute atomic E-state index is 0.0102. The van der Waals surface area contributed by atoms with Gasteiger partial charge in [0.05, 0.1) is 25.2 Å². The van der Waals surface area contributed by atoms with Crippen LogP contribution in [0.25, 0.3) is 0 Å². The SMILES string of the molecule is COC(=O)C1CCCC2OC2[C@H]2CCC[C@@H]12. The Morgan fingerprint density at radius 1 is 1.12 bits per heavy atom. The van der Waals surface area contributed by atoms with Crippen molar-refractivity contribution in [2.75, 3.05) is 7.11 Å². The second kappa shape index (κ2) is 4.02. The molecule has 1 heterocycles. The number of methoxy groups -OCH3 is 1. The van der Waals surface area contributed by atoms with Crippen molar-refractivity contribution in [1.29, 1.82) is 0 Å². The number of carbonyl (C=O) groups excluding carboxylic acids is 1. The zero-order chi connectivity index (χ0) is 11.1. The maximum Gasteiger partial charge on any atom is 0.308 e. The third-order valence-electron chi connectivity index (χ3n) is 4.69. The third-order valence-corrected chi connectivity index (χ3v) is 4.69. The Labute approximate surface area is 96.5 Å². The van der Waals surface area contributed by atoms with Gasteiger partial charge in [-0.05, 0) is 43.9 Å². The predicted octanol–water partition coefficient (Wildman–Crippen LogP) is 2.14. The molecule has 0 amide bonds. The zero-order valence-corrected chi connectivity index (χ0v) is 9.85. The summed E-state index contributed by atoms with van der Waals surface area (Å²) in [5, 5.41) is 0. The number of hydrogen-bond donors (Lipinski definition) is 0. The van der Waals surface area contributed by atoms with Crippen LogP contribution in [0, 0.1) is 17.8 Å². The topological polar surface area (TPSA) is 38.8 Å². The van der Waals surface area contributed by atoms with Gasteiger partial charge >= 0.3 is 5.97 Å². The molecule has 3 aliphatic rings. The standard InChI is InChI=1S/C13H20O3/c1-15-13(14)10-6-3-7-11-12(16-11)9-5-2-4-8(9)10/h8-12H,2-7H2,1H3/t8-,9+,10?,11?,12?/m1/s1. The molecule has 3 heteroatoms. The largest absolute Gasteiger partial charge is 0.469 e. The highest BCUT2D eigenvalue weighted by atomic mass is 16.6. The van der Waals surface area contributed by atoms with Gasteiger partial charge in [-0.2, -0.15) is 0 Å². The Bertz CT molecular complexity index is 289. The first kappa shape index (κ1) is 10.6. The van der Waals surface area contributed by atoms with Gasteiger partial charge in [0.1, 0.15) is 0 Å². The van der Waals surface area contributed by atoms with Crippen LogP contribution in [0.4, 0.5) is 0 Å². The summed E-state index contributed by atoms with van der Waals surface area (Å²) in [6.45, 7) is 0. The summed E-state index contributed by atoms with van der Waals surface area (Å²) in [5.41, 5.74) is 0. The average molecular weight is 224 g/mol. The second-order valence-corrected chi connectivity index (χ2v) is 5.46. The number of carbonyl (C=O) groups is 1. The molecule has 0 aromatic heterocycles. The molecule has 90 valence electrons. The Morgan fingerprint density at radius 2 is 1.88 bits per heavy atom. The molecule has 5 atom stereocenters. The van der Waals surface area contributed by atoms with E-state index in [1.165, 1.54) is 26.4 Å². The van der Waals surface area contributed by atoms with E-state index in [-0.39, 0.29) is 11.9 Å². The molecular formula is C13H20O3. The van der Waals surface area contributed by atoms with Crippen LogP contribution in [-0.2, 0) is 14.3 Å². The lowest BCUT2D eigenvalue weighted by Gasteiger charge is -2.27. The van der Waals surface area contributed by atoms with Crippen molar-refractivity contribution in [2.24, 2.45) is 17.8 Å². The molecule has 0 spiro atoms. The molecule has 0 aromatic carbocycles. The minimum atomic E-state index is 0.0102. The van der Waals surface area contributed by atoms with Gasteiger partial charge in [0, 0.05) is 0 Å². The number of esters is 1. The van der Waals surface area contributed by atoms with E-state index in [1.807, 2.05) is 0 Å². The van der Waals surface area contributed by atoms with Gasteiger partial charge in [0.2, 0.25) is 0 Å². The van der Waals surface area contributed by atoms with E-state index in [2.05, 4.69) is 0 Å². The molecule has 0 aromatic rings. The maximum absolute atomic E-state index is 11.8. The molecule has 0 N–H and O–H groups in total.